The van der Waals surface area contributed by atoms with Gasteiger partial charge in [-0.25, -0.2) is 0 Å². The molecule has 112 valence electrons. The molecule has 2 rings (SSSR count). The van der Waals surface area contributed by atoms with Gasteiger partial charge in [0.15, 0.2) is 0 Å². The molecule has 0 heterocycles. The second-order valence-electron chi connectivity index (χ2n) is 5.15. The molecule has 0 saturated heterocycles. The summed E-state index contributed by atoms with van der Waals surface area (Å²) in [6, 6.07) is 8.33. The van der Waals surface area contributed by atoms with Crippen LogP contribution in [-0.2, 0) is 11.3 Å². The monoisotopic (exact) mass is 278 g/mol. The van der Waals surface area contributed by atoms with E-state index in [2.05, 4.69) is 29.1 Å². The van der Waals surface area contributed by atoms with Crippen molar-refractivity contribution >= 4 is 0 Å². The third-order valence-electron chi connectivity index (χ3n) is 3.47. The van der Waals surface area contributed by atoms with Gasteiger partial charge in [0.1, 0.15) is 5.75 Å². The number of nitrogens with one attached hydrogen (secondary N) is 2. The first-order chi connectivity index (χ1) is 9.88. The maximum Gasteiger partial charge on any atom is 0.120 e. The highest BCUT2D eigenvalue weighted by Gasteiger charge is 2.18. The average molecular weight is 278 g/mol. The van der Waals surface area contributed by atoms with Gasteiger partial charge in [-0.2, -0.15) is 0 Å². The third-order valence-corrected chi connectivity index (χ3v) is 3.47. The molecule has 1 aromatic carbocycles. The lowest BCUT2D eigenvalue weighted by molar-refractivity contribution is 0.120. The normalized spacial score (nSPS) is 15.1. The van der Waals surface area contributed by atoms with E-state index in [1.165, 1.54) is 24.8 Å². The van der Waals surface area contributed by atoms with E-state index >= 15 is 0 Å². The molecule has 0 unspecified atom stereocenters. The van der Waals surface area contributed by atoms with E-state index in [1.807, 2.05) is 13.0 Å². The minimum absolute atomic E-state index is 0.440. The van der Waals surface area contributed by atoms with E-state index in [1.54, 1.807) is 0 Å². The summed E-state index contributed by atoms with van der Waals surface area (Å²) in [6.45, 7) is 5.34. The van der Waals surface area contributed by atoms with Crippen molar-refractivity contribution in [3.05, 3.63) is 29.8 Å². The highest BCUT2D eigenvalue weighted by Crippen LogP contribution is 2.25. The minimum Gasteiger partial charge on any atom is -0.490 e. The average Bonchev–Trinajstić information content (AvgIpc) is 2.42. The Morgan fingerprint density at radius 3 is 2.90 bits per heavy atom. The van der Waals surface area contributed by atoms with Gasteiger partial charge in [0, 0.05) is 26.3 Å². The van der Waals surface area contributed by atoms with Gasteiger partial charge in [-0.1, -0.05) is 12.1 Å². The first-order valence-electron chi connectivity index (χ1n) is 7.67. The summed E-state index contributed by atoms with van der Waals surface area (Å²) in [7, 11) is 0. The van der Waals surface area contributed by atoms with Gasteiger partial charge in [0.25, 0.3) is 0 Å². The lowest BCUT2D eigenvalue weighted by Gasteiger charge is -2.26. The molecule has 1 saturated carbocycles. The van der Waals surface area contributed by atoms with Crippen molar-refractivity contribution in [2.45, 2.75) is 45.3 Å². The molecule has 0 aliphatic heterocycles. The van der Waals surface area contributed by atoms with Crippen LogP contribution in [0.25, 0.3) is 0 Å². The van der Waals surface area contributed by atoms with Gasteiger partial charge >= 0.3 is 0 Å². The van der Waals surface area contributed by atoms with Gasteiger partial charge in [-0.15, -0.1) is 0 Å². The summed E-state index contributed by atoms with van der Waals surface area (Å²) in [4.78, 5) is 0. The van der Waals surface area contributed by atoms with Crippen LogP contribution in [-0.4, -0.2) is 25.9 Å². The number of hydrazine groups is 1. The van der Waals surface area contributed by atoms with Crippen molar-refractivity contribution in [1.82, 2.24) is 10.9 Å². The predicted molar refractivity (Wildman–Crippen MR) is 80.7 cm³/mol. The Labute approximate surface area is 121 Å². The molecule has 0 bridgehead atoms. The van der Waals surface area contributed by atoms with Crippen molar-refractivity contribution < 1.29 is 9.47 Å². The lowest BCUT2D eigenvalue weighted by atomic mass is 9.96. The van der Waals surface area contributed by atoms with Crippen LogP contribution in [0.15, 0.2) is 24.3 Å². The molecule has 0 spiro atoms. The van der Waals surface area contributed by atoms with Gasteiger partial charge in [0.2, 0.25) is 0 Å². The number of hydrogen-bond acceptors (Lipinski definition) is 4. The highest BCUT2D eigenvalue weighted by atomic mass is 16.5. The second-order valence-corrected chi connectivity index (χ2v) is 5.15. The Bertz CT molecular complexity index is 380. The Morgan fingerprint density at radius 1 is 1.25 bits per heavy atom. The predicted octanol–water partition coefficient (Wildman–Crippen LogP) is 2.64. The second kappa shape index (κ2) is 8.95. The number of hydrogen-bond donors (Lipinski definition) is 2. The van der Waals surface area contributed by atoms with E-state index in [0.29, 0.717) is 6.10 Å². The van der Waals surface area contributed by atoms with Crippen molar-refractivity contribution in [2.75, 3.05) is 19.8 Å². The van der Waals surface area contributed by atoms with Crippen molar-refractivity contribution in [2.24, 2.45) is 0 Å². The SMILES string of the molecule is CCOCCCNNCc1cccc(OC2CCC2)c1. The molecule has 0 atom stereocenters. The molecular weight excluding hydrogens is 252 g/mol. The highest BCUT2D eigenvalue weighted by molar-refractivity contribution is 5.28. The molecule has 20 heavy (non-hydrogen) atoms. The Kier molecular flexibility index (Phi) is 6.84. The Balaban J connectivity index is 1.61. The smallest absolute Gasteiger partial charge is 0.120 e. The molecule has 2 N–H and O–H groups in total. The van der Waals surface area contributed by atoms with Gasteiger partial charge in [-0.05, 0) is 50.3 Å². The number of benzene rings is 1. The molecule has 4 nitrogen and oxygen atoms in total. The molecule has 1 aromatic rings. The van der Waals surface area contributed by atoms with Crippen LogP contribution >= 0.6 is 0 Å². The first-order valence-corrected chi connectivity index (χ1v) is 7.67. The van der Waals surface area contributed by atoms with Gasteiger partial charge in [0.05, 0.1) is 6.10 Å². The number of rotatable bonds is 10. The van der Waals surface area contributed by atoms with Crippen LogP contribution in [0.2, 0.25) is 0 Å². The fourth-order valence-corrected chi connectivity index (χ4v) is 2.07. The molecule has 0 amide bonds. The van der Waals surface area contributed by atoms with Gasteiger partial charge < -0.3 is 9.47 Å². The summed E-state index contributed by atoms with van der Waals surface area (Å²) in [5.41, 5.74) is 7.67. The zero-order valence-electron chi connectivity index (χ0n) is 12.4. The topological polar surface area (TPSA) is 42.5 Å². The Morgan fingerprint density at radius 2 is 2.15 bits per heavy atom. The van der Waals surface area contributed by atoms with E-state index in [0.717, 1.165) is 38.5 Å². The van der Waals surface area contributed by atoms with Crippen molar-refractivity contribution in [1.29, 1.82) is 0 Å². The summed E-state index contributed by atoms with van der Waals surface area (Å²) in [5.74, 6) is 0.991. The largest absolute Gasteiger partial charge is 0.490 e. The van der Waals surface area contributed by atoms with Crippen molar-refractivity contribution in [3.8, 4) is 5.75 Å². The fraction of sp³-hybridized carbons (Fsp3) is 0.625. The zero-order valence-corrected chi connectivity index (χ0v) is 12.4. The van der Waals surface area contributed by atoms with Crippen LogP contribution in [0.3, 0.4) is 0 Å². The fourth-order valence-electron chi connectivity index (χ4n) is 2.07. The standard InChI is InChI=1S/C16H26N2O2/c1-2-19-11-5-10-17-18-13-14-6-3-9-16(12-14)20-15-7-4-8-15/h3,6,9,12,15,17-18H,2,4-5,7-8,10-11,13H2,1H3. The van der Waals surface area contributed by atoms with Crippen LogP contribution in [0.5, 0.6) is 5.75 Å². The summed E-state index contributed by atoms with van der Waals surface area (Å²) in [5, 5.41) is 0. The van der Waals surface area contributed by atoms with Crippen LogP contribution in [0.4, 0.5) is 0 Å². The first kappa shape index (κ1) is 15.3. The van der Waals surface area contributed by atoms with E-state index in [-0.39, 0.29) is 0 Å². The molecule has 0 radical (unpaired) electrons. The molecule has 0 aromatic heterocycles. The molecule has 4 heteroatoms. The van der Waals surface area contributed by atoms with E-state index in [4.69, 9.17) is 9.47 Å². The maximum atomic E-state index is 5.90. The van der Waals surface area contributed by atoms with Crippen LogP contribution in [0.1, 0.15) is 38.2 Å². The molecular formula is C16H26N2O2. The summed E-state index contributed by atoms with van der Waals surface area (Å²) < 4.78 is 11.2. The summed E-state index contributed by atoms with van der Waals surface area (Å²) in [6.07, 6.45) is 5.16. The van der Waals surface area contributed by atoms with Gasteiger partial charge in [-0.3, -0.25) is 10.9 Å². The lowest BCUT2D eigenvalue weighted by Crippen LogP contribution is -2.32. The Hall–Kier alpha value is -1.10. The minimum atomic E-state index is 0.440. The molecule has 1 aliphatic carbocycles. The molecule has 1 fully saturated rings. The third kappa shape index (κ3) is 5.49. The van der Waals surface area contributed by atoms with Crippen LogP contribution in [0, 0.1) is 0 Å². The molecule has 1 aliphatic rings. The van der Waals surface area contributed by atoms with E-state index in [9.17, 15) is 0 Å². The zero-order chi connectivity index (χ0) is 14.0. The maximum absolute atomic E-state index is 5.90. The van der Waals surface area contributed by atoms with Crippen molar-refractivity contribution in [3.63, 3.8) is 0 Å². The quantitative estimate of drug-likeness (QED) is 0.510. The number of ether oxygens (including phenoxy) is 2. The summed E-state index contributed by atoms with van der Waals surface area (Å²) >= 11 is 0. The van der Waals surface area contributed by atoms with Crippen LogP contribution < -0.4 is 15.6 Å². The van der Waals surface area contributed by atoms with E-state index < -0.39 is 0 Å².